The van der Waals surface area contributed by atoms with Gasteiger partial charge in [0.1, 0.15) is 11.5 Å². The number of nitrogens with zero attached hydrogens (tertiary/aromatic N) is 2. The number of hydrogen-bond donors (Lipinski definition) is 2. The van der Waals surface area contributed by atoms with Gasteiger partial charge < -0.3 is 10.6 Å². The Labute approximate surface area is 96.3 Å². The third kappa shape index (κ3) is 3.93. The summed E-state index contributed by atoms with van der Waals surface area (Å²) in [7, 11) is 0.818. The molecular formula is C9H14N4O2S. The first-order valence-electron chi connectivity index (χ1n) is 4.71. The molecule has 0 fully saturated rings. The molecule has 1 atom stereocenters. The molecule has 16 heavy (non-hydrogen) atoms. The lowest BCUT2D eigenvalue weighted by Gasteiger charge is -2.03. The minimum atomic E-state index is -0.904. The van der Waals surface area contributed by atoms with Crippen LogP contribution in [0.3, 0.4) is 0 Å². The zero-order valence-electron chi connectivity index (χ0n) is 9.19. The van der Waals surface area contributed by atoms with Gasteiger partial charge in [0.05, 0.1) is 12.4 Å². The third-order valence-electron chi connectivity index (χ3n) is 1.82. The second-order valence-electron chi connectivity index (χ2n) is 3.07. The molecule has 0 aliphatic heterocycles. The maximum absolute atomic E-state index is 11.5. The molecule has 0 aromatic carbocycles. The Morgan fingerprint density at radius 3 is 2.69 bits per heavy atom. The minimum absolute atomic E-state index is 0.251. The van der Waals surface area contributed by atoms with Crippen molar-refractivity contribution in [2.24, 2.45) is 0 Å². The molecule has 88 valence electrons. The van der Waals surface area contributed by atoms with Crippen LogP contribution in [-0.2, 0) is 10.8 Å². The average Bonchev–Trinajstić information content (AvgIpc) is 2.28. The molecule has 7 heteroatoms. The van der Waals surface area contributed by atoms with E-state index < -0.39 is 10.8 Å². The summed E-state index contributed by atoms with van der Waals surface area (Å²) < 4.78 is 10.8. The molecule has 1 aromatic rings. The first-order chi connectivity index (χ1) is 7.63. The van der Waals surface area contributed by atoms with Crippen LogP contribution >= 0.6 is 0 Å². The Kier molecular flexibility index (Phi) is 4.84. The van der Waals surface area contributed by atoms with Crippen molar-refractivity contribution < 1.29 is 9.00 Å². The van der Waals surface area contributed by atoms with Crippen molar-refractivity contribution in [2.75, 3.05) is 30.9 Å². The standard InChI is InChI=1S/C9H14N4O2S/c1-10-8-6-12-7(5-13-8)9(14)11-3-4-16(2)15/h5-6H,3-4H2,1-2H3,(H,10,13)(H,11,14). The van der Waals surface area contributed by atoms with Crippen molar-refractivity contribution in [2.45, 2.75) is 0 Å². The summed E-state index contributed by atoms with van der Waals surface area (Å²) in [5, 5.41) is 5.42. The number of anilines is 1. The highest BCUT2D eigenvalue weighted by atomic mass is 32.2. The van der Waals surface area contributed by atoms with Crippen molar-refractivity contribution in [3.63, 3.8) is 0 Å². The summed E-state index contributed by atoms with van der Waals surface area (Å²) in [4.78, 5) is 19.4. The van der Waals surface area contributed by atoms with E-state index in [1.54, 1.807) is 13.3 Å². The summed E-state index contributed by atoms with van der Waals surface area (Å²) in [6.07, 6.45) is 4.46. The van der Waals surface area contributed by atoms with Crippen molar-refractivity contribution in [3.05, 3.63) is 18.1 Å². The van der Waals surface area contributed by atoms with Crippen molar-refractivity contribution in [1.29, 1.82) is 0 Å². The van der Waals surface area contributed by atoms with E-state index in [0.717, 1.165) is 0 Å². The second-order valence-corrected chi connectivity index (χ2v) is 4.62. The molecule has 0 saturated carbocycles. The van der Waals surface area contributed by atoms with Crippen molar-refractivity contribution in [1.82, 2.24) is 15.3 Å². The molecule has 0 radical (unpaired) electrons. The molecule has 1 aromatic heterocycles. The third-order valence-corrected chi connectivity index (χ3v) is 2.59. The van der Waals surface area contributed by atoms with E-state index >= 15 is 0 Å². The van der Waals surface area contributed by atoms with E-state index in [1.807, 2.05) is 0 Å². The molecule has 1 heterocycles. The van der Waals surface area contributed by atoms with E-state index in [1.165, 1.54) is 12.4 Å². The van der Waals surface area contributed by atoms with Gasteiger partial charge >= 0.3 is 0 Å². The number of carbonyl (C=O) groups is 1. The van der Waals surface area contributed by atoms with E-state index in [4.69, 9.17) is 0 Å². The normalized spacial score (nSPS) is 11.9. The summed E-state index contributed by atoms with van der Waals surface area (Å²) in [5.74, 6) is 0.736. The van der Waals surface area contributed by atoms with Crippen LogP contribution in [0.2, 0.25) is 0 Å². The van der Waals surface area contributed by atoms with Gasteiger partial charge in [0, 0.05) is 36.4 Å². The molecule has 0 aliphatic carbocycles. The SMILES string of the molecule is CNc1cnc(C(=O)NCCS(C)=O)cn1. The Balaban J connectivity index is 2.49. The molecule has 0 aliphatic rings. The molecule has 0 bridgehead atoms. The van der Waals surface area contributed by atoms with Crippen molar-refractivity contribution in [3.8, 4) is 0 Å². The zero-order valence-corrected chi connectivity index (χ0v) is 10.0. The summed E-state index contributed by atoms with van der Waals surface area (Å²) >= 11 is 0. The molecule has 0 saturated heterocycles. The number of carbonyl (C=O) groups excluding carboxylic acids is 1. The second kappa shape index (κ2) is 6.16. The van der Waals surface area contributed by atoms with E-state index in [0.29, 0.717) is 18.1 Å². The predicted octanol–water partition coefficient (Wildman–Crippen LogP) is -0.373. The Hall–Kier alpha value is -1.50. The van der Waals surface area contributed by atoms with Gasteiger partial charge in [0.15, 0.2) is 0 Å². The number of hydrogen-bond acceptors (Lipinski definition) is 5. The smallest absolute Gasteiger partial charge is 0.271 e. The maximum atomic E-state index is 11.5. The van der Waals surface area contributed by atoms with E-state index in [-0.39, 0.29) is 11.6 Å². The summed E-state index contributed by atoms with van der Waals surface area (Å²) in [6.45, 7) is 0.372. The van der Waals surface area contributed by atoms with Gasteiger partial charge in [0.2, 0.25) is 0 Å². The number of rotatable bonds is 5. The first kappa shape index (κ1) is 12.6. The zero-order chi connectivity index (χ0) is 12.0. The molecule has 2 N–H and O–H groups in total. The van der Waals surface area contributed by atoms with Crippen LogP contribution in [0.25, 0.3) is 0 Å². The number of amides is 1. The van der Waals surface area contributed by atoms with Crippen LogP contribution < -0.4 is 10.6 Å². The molecular weight excluding hydrogens is 228 g/mol. The Morgan fingerprint density at radius 1 is 1.44 bits per heavy atom. The Morgan fingerprint density at radius 2 is 2.19 bits per heavy atom. The van der Waals surface area contributed by atoms with Crippen LogP contribution in [0.15, 0.2) is 12.4 Å². The monoisotopic (exact) mass is 242 g/mol. The highest BCUT2D eigenvalue weighted by Gasteiger charge is 2.06. The topological polar surface area (TPSA) is 84.0 Å². The number of aromatic nitrogens is 2. The molecule has 0 spiro atoms. The van der Waals surface area contributed by atoms with Crippen molar-refractivity contribution >= 4 is 22.5 Å². The van der Waals surface area contributed by atoms with Crippen LogP contribution in [0.5, 0.6) is 0 Å². The van der Waals surface area contributed by atoms with Crippen LogP contribution in [0.4, 0.5) is 5.82 Å². The minimum Gasteiger partial charge on any atom is -0.372 e. The molecule has 1 rings (SSSR count). The first-order valence-corrected chi connectivity index (χ1v) is 6.44. The predicted molar refractivity (Wildman–Crippen MR) is 62.8 cm³/mol. The van der Waals surface area contributed by atoms with Gasteiger partial charge in [0.25, 0.3) is 5.91 Å². The average molecular weight is 242 g/mol. The lowest BCUT2D eigenvalue weighted by Crippen LogP contribution is -2.28. The lowest BCUT2D eigenvalue weighted by molar-refractivity contribution is 0.0951. The summed E-state index contributed by atoms with van der Waals surface area (Å²) in [5.41, 5.74) is 0.251. The highest BCUT2D eigenvalue weighted by molar-refractivity contribution is 7.84. The fourth-order valence-electron chi connectivity index (χ4n) is 0.973. The fourth-order valence-corrected chi connectivity index (χ4v) is 1.36. The molecule has 1 amide bonds. The number of nitrogens with one attached hydrogen (secondary N) is 2. The van der Waals surface area contributed by atoms with Gasteiger partial charge in [-0.25, -0.2) is 9.97 Å². The van der Waals surface area contributed by atoms with Gasteiger partial charge in [-0.15, -0.1) is 0 Å². The molecule has 1 unspecified atom stereocenters. The van der Waals surface area contributed by atoms with E-state index in [2.05, 4.69) is 20.6 Å². The quantitative estimate of drug-likeness (QED) is 0.735. The maximum Gasteiger partial charge on any atom is 0.271 e. The summed E-state index contributed by atoms with van der Waals surface area (Å²) in [6, 6.07) is 0. The van der Waals surface area contributed by atoms with Gasteiger partial charge in [-0.3, -0.25) is 9.00 Å². The molecule has 6 nitrogen and oxygen atoms in total. The van der Waals surface area contributed by atoms with Crippen LogP contribution in [0, 0.1) is 0 Å². The van der Waals surface area contributed by atoms with Crippen LogP contribution in [0.1, 0.15) is 10.5 Å². The van der Waals surface area contributed by atoms with Gasteiger partial charge in [-0.05, 0) is 0 Å². The lowest BCUT2D eigenvalue weighted by atomic mass is 10.4. The largest absolute Gasteiger partial charge is 0.372 e. The van der Waals surface area contributed by atoms with Crippen LogP contribution in [-0.4, -0.2) is 45.7 Å². The van der Waals surface area contributed by atoms with Gasteiger partial charge in [-0.2, -0.15) is 0 Å². The fraction of sp³-hybridized carbons (Fsp3) is 0.444. The highest BCUT2D eigenvalue weighted by Crippen LogP contribution is 1.99. The Bertz CT molecular complexity index is 380. The van der Waals surface area contributed by atoms with E-state index in [9.17, 15) is 9.00 Å². The van der Waals surface area contributed by atoms with Gasteiger partial charge in [-0.1, -0.05) is 0 Å².